The fraction of sp³-hybridized carbons (Fsp3) is 0.357. The number of rotatable bonds is 5. The van der Waals surface area contributed by atoms with E-state index < -0.39 is 0 Å². The molecule has 4 heteroatoms. The minimum Gasteiger partial charge on any atom is -0.497 e. The molecule has 0 saturated heterocycles. The molecule has 0 aliphatic heterocycles. The highest BCUT2D eigenvalue weighted by molar-refractivity contribution is 5.68. The van der Waals surface area contributed by atoms with Gasteiger partial charge in [-0.25, -0.2) is 4.98 Å². The Labute approximate surface area is 107 Å². The molecule has 0 aliphatic rings. The van der Waals surface area contributed by atoms with Gasteiger partial charge in [0, 0.05) is 12.0 Å². The molecule has 0 radical (unpaired) electrons. The Morgan fingerprint density at radius 2 is 2.06 bits per heavy atom. The van der Waals surface area contributed by atoms with Gasteiger partial charge >= 0.3 is 0 Å². The van der Waals surface area contributed by atoms with Crippen molar-refractivity contribution in [3.8, 4) is 22.8 Å². The number of imidazole rings is 1. The number of aromatic amines is 1. The van der Waals surface area contributed by atoms with Crippen LogP contribution in [0.25, 0.3) is 11.3 Å². The molecule has 18 heavy (non-hydrogen) atoms. The van der Waals surface area contributed by atoms with Crippen LogP contribution in [-0.2, 0) is 6.42 Å². The fourth-order valence-electron chi connectivity index (χ4n) is 1.89. The summed E-state index contributed by atoms with van der Waals surface area (Å²) in [5, 5.41) is 0. The van der Waals surface area contributed by atoms with Crippen molar-refractivity contribution in [2.24, 2.45) is 0 Å². The van der Waals surface area contributed by atoms with Crippen LogP contribution >= 0.6 is 0 Å². The van der Waals surface area contributed by atoms with Gasteiger partial charge in [-0.3, -0.25) is 0 Å². The molecule has 0 aliphatic carbocycles. The number of H-pyrrole nitrogens is 1. The Balaban J connectivity index is 2.40. The van der Waals surface area contributed by atoms with E-state index in [0.717, 1.165) is 41.4 Å². The summed E-state index contributed by atoms with van der Waals surface area (Å²) in [4.78, 5) is 7.67. The normalized spacial score (nSPS) is 10.4. The highest BCUT2D eigenvalue weighted by atomic mass is 16.5. The highest BCUT2D eigenvalue weighted by Crippen LogP contribution is 2.32. The number of benzene rings is 1. The first kappa shape index (κ1) is 12.5. The van der Waals surface area contributed by atoms with Crippen molar-refractivity contribution in [2.75, 3.05) is 14.2 Å². The molecular weight excluding hydrogens is 228 g/mol. The van der Waals surface area contributed by atoms with Gasteiger partial charge in [0.25, 0.3) is 0 Å². The maximum atomic E-state index is 5.37. The number of ether oxygens (including phenoxy) is 2. The number of aromatic nitrogens is 2. The van der Waals surface area contributed by atoms with Gasteiger partial charge in [-0.05, 0) is 24.6 Å². The monoisotopic (exact) mass is 246 g/mol. The van der Waals surface area contributed by atoms with Gasteiger partial charge in [0.1, 0.15) is 17.3 Å². The number of hydrogen-bond donors (Lipinski definition) is 1. The maximum absolute atomic E-state index is 5.37. The van der Waals surface area contributed by atoms with Crippen LogP contribution in [0.2, 0.25) is 0 Å². The zero-order valence-corrected chi connectivity index (χ0v) is 11.0. The molecule has 1 N–H and O–H groups in total. The average Bonchev–Trinajstić information content (AvgIpc) is 2.87. The van der Waals surface area contributed by atoms with Crippen molar-refractivity contribution >= 4 is 0 Å². The fourth-order valence-corrected chi connectivity index (χ4v) is 1.89. The van der Waals surface area contributed by atoms with Gasteiger partial charge in [-0.15, -0.1) is 0 Å². The largest absolute Gasteiger partial charge is 0.497 e. The van der Waals surface area contributed by atoms with Crippen molar-refractivity contribution in [3.63, 3.8) is 0 Å². The lowest BCUT2D eigenvalue weighted by Gasteiger charge is -2.08. The SMILES string of the molecule is CCCc1ncc(-c2cc(OC)ccc2OC)[nH]1. The molecule has 0 unspecified atom stereocenters. The van der Waals surface area contributed by atoms with Crippen LogP contribution in [0.1, 0.15) is 19.2 Å². The molecule has 1 aromatic carbocycles. The molecule has 0 bridgehead atoms. The Morgan fingerprint density at radius 3 is 2.72 bits per heavy atom. The van der Waals surface area contributed by atoms with Crippen LogP contribution < -0.4 is 9.47 Å². The van der Waals surface area contributed by atoms with Crippen molar-refractivity contribution in [2.45, 2.75) is 19.8 Å². The minimum atomic E-state index is 0.803. The number of aryl methyl sites for hydroxylation is 1. The van der Waals surface area contributed by atoms with Gasteiger partial charge in [0.05, 0.1) is 26.1 Å². The predicted molar refractivity (Wildman–Crippen MR) is 71.1 cm³/mol. The van der Waals surface area contributed by atoms with Gasteiger partial charge in [0.2, 0.25) is 0 Å². The van der Waals surface area contributed by atoms with Gasteiger partial charge in [-0.2, -0.15) is 0 Å². The first-order valence-corrected chi connectivity index (χ1v) is 6.04. The third-order valence-electron chi connectivity index (χ3n) is 2.81. The van der Waals surface area contributed by atoms with E-state index in [-0.39, 0.29) is 0 Å². The average molecular weight is 246 g/mol. The van der Waals surface area contributed by atoms with E-state index in [2.05, 4.69) is 16.9 Å². The molecule has 0 atom stereocenters. The van der Waals surface area contributed by atoms with Crippen LogP contribution in [-0.4, -0.2) is 24.2 Å². The van der Waals surface area contributed by atoms with E-state index >= 15 is 0 Å². The Kier molecular flexibility index (Phi) is 3.87. The third-order valence-corrected chi connectivity index (χ3v) is 2.81. The van der Waals surface area contributed by atoms with E-state index in [1.54, 1.807) is 14.2 Å². The van der Waals surface area contributed by atoms with E-state index in [4.69, 9.17) is 9.47 Å². The summed E-state index contributed by atoms with van der Waals surface area (Å²) in [5.41, 5.74) is 1.92. The molecule has 2 rings (SSSR count). The quantitative estimate of drug-likeness (QED) is 0.882. The molecule has 0 spiro atoms. The molecule has 2 aromatic rings. The smallest absolute Gasteiger partial charge is 0.128 e. The summed E-state index contributed by atoms with van der Waals surface area (Å²) in [6, 6.07) is 5.72. The van der Waals surface area contributed by atoms with Gasteiger partial charge in [0.15, 0.2) is 0 Å². The van der Waals surface area contributed by atoms with Crippen LogP contribution in [0.15, 0.2) is 24.4 Å². The molecule has 96 valence electrons. The Bertz CT molecular complexity index is 520. The summed E-state index contributed by atoms with van der Waals surface area (Å²) >= 11 is 0. The van der Waals surface area contributed by atoms with Crippen LogP contribution in [0, 0.1) is 0 Å². The van der Waals surface area contributed by atoms with Crippen LogP contribution in [0.4, 0.5) is 0 Å². The third kappa shape index (κ3) is 2.47. The molecule has 4 nitrogen and oxygen atoms in total. The zero-order valence-electron chi connectivity index (χ0n) is 11.0. The highest BCUT2D eigenvalue weighted by Gasteiger charge is 2.10. The van der Waals surface area contributed by atoms with Crippen molar-refractivity contribution in [1.29, 1.82) is 0 Å². The second-order valence-electron chi connectivity index (χ2n) is 4.06. The van der Waals surface area contributed by atoms with E-state index in [9.17, 15) is 0 Å². The molecule has 0 fully saturated rings. The molecular formula is C14H18N2O2. The Morgan fingerprint density at radius 1 is 1.22 bits per heavy atom. The lowest BCUT2D eigenvalue weighted by molar-refractivity contribution is 0.404. The van der Waals surface area contributed by atoms with Crippen molar-refractivity contribution < 1.29 is 9.47 Å². The minimum absolute atomic E-state index is 0.803. The number of methoxy groups -OCH3 is 2. The lowest BCUT2D eigenvalue weighted by atomic mass is 10.1. The number of nitrogens with one attached hydrogen (secondary N) is 1. The molecule has 0 amide bonds. The first-order chi connectivity index (χ1) is 8.78. The van der Waals surface area contributed by atoms with Gasteiger partial charge in [-0.1, -0.05) is 6.92 Å². The summed E-state index contributed by atoms with van der Waals surface area (Å²) in [7, 11) is 3.32. The predicted octanol–water partition coefficient (Wildman–Crippen LogP) is 3.05. The number of nitrogens with zero attached hydrogens (tertiary/aromatic N) is 1. The summed E-state index contributed by atoms with van der Waals surface area (Å²) in [6.45, 7) is 2.13. The van der Waals surface area contributed by atoms with Crippen LogP contribution in [0.3, 0.4) is 0 Å². The second kappa shape index (κ2) is 5.58. The molecule has 1 aromatic heterocycles. The Hall–Kier alpha value is -1.97. The molecule has 1 heterocycles. The summed E-state index contributed by atoms with van der Waals surface area (Å²) in [6.07, 6.45) is 3.86. The first-order valence-electron chi connectivity index (χ1n) is 6.04. The summed E-state index contributed by atoms with van der Waals surface area (Å²) in [5.74, 6) is 2.61. The van der Waals surface area contributed by atoms with Crippen molar-refractivity contribution in [1.82, 2.24) is 9.97 Å². The van der Waals surface area contributed by atoms with Gasteiger partial charge < -0.3 is 14.5 Å². The summed E-state index contributed by atoms with van der Waals surface area (Å²) < 4.78 is 10.6. The lowest BCUT2D eigenvalue weighted by Crippen LogP contribution is -1.91. The zero-order chi connectivity index (χ0) is 13.0. The standard InChI is InChI=1S/C14H18N2O2/c1-4-5-14-15-9-12(16-14)11-8-10(17-2)6-7-13(11)18-3/h6-9H,4-5H2,1-3H3,(H,15,16). The van der Waals surface area contributed by atoms with Crippen LogP contribution in [0.5, 0.6) is 11.5 Å². The van der Waals surface area contributed by atoms with E-state index in [0.29, 0.717) is 0 Å². The van der Waals surface area contributed by atoms with E-state index in [1.807, 2.05) is 24.4 Å². The number of hydrogen-bond acceptors (Lipinski definition) is 3. The second-order valence-corrected chi connectivity index (χ2v) is 4.06. The maximum Gasteiger partial charge on any atom is 0.128 e. The molecule has 0 saturated carbocycles. The van der Waals surface area contributed by atoms with E-state index in [1.165, 1.54) is 0 Å². The topological polar surface area (TPSA) is 47.1 Å². The van der Waals surface area contributed by atoms with Crippen molar-refractivity contribution in [3.05, 3.63) is 30.2 Å².